The predicted molar refractivity (Wildman–Crippen MR) is 59.3 cm³/mol. The lowest BCUT2D eigenvalue weighted by atomic mass is 10.1. The lowest BCUT2D eigenvalue weighted by Gasteiger charge is -2.11. The van der Waals surface area contributed by atoms with Crippen LogP contribution >= 0.6 is 11.3 Å². The van der Waals surface area contributed by atoms with Gasteiger partial charge >= 0.3 is 5.69 Å². The second-order valence-electron chi connectivity index (χ2n) is 3.68. The van der Waals surface area contributed by atoms with Gasteiger partial charge in [-0.25, -0.2) is 4.79 Å². The van der Waals surface area contributed by atoms with Gasteiger partial charge in [-0.3, -0.25) is 9.78 Å². The summed E-state index contributed by atoms with van der Waals surface area (Å²) in [5.74, 6) is 0. The van der Waals surface area contributed by atoms with E-state index in [2.05, 4.69) is 10.3 Å². The largest absolute Gasteiger partial charge is 0.421 e. The Labute approximate surface area is 93.1 Å². The number of thiophene rings is 1. The average Bonchev–Trinajstić information content (AvgIpc) is 2.64. The molecule has 0 fully saturated rings. The molecule has 3 N–H and O–H groups in total. The number of H-pyrrole nitrogens is 1. The maximum Gasteiger partial charge on any atom is 0.362 e. The van der Waals surface area contributed by atoms with E-state index in [-0.39, 0.29) is 4.73 Å². The number of hydrogen-bond acceptors (Lipinski definition) is 5. The second kappa shape index (κ2) is 3.19. The molecule has 1 aliphatic rings. The van der Waals surface area contributed by atoms with Crippen LogP contribution in [0.2, 0.25) is 0 Å². The second-order valence-corrected chi connectivity index (χ2v) is 4.79. The standard InChI is InChI=1S/C9H9N3O3S/c13-8-6-4-1-2-10-3-5(4)16-7(6)11-9(14)12(8)15/h10,15H,1-3H2,(H,11,14). The fourth-order valence-corrected chi connectivity index (χ4v) is 3.20. The number of fused-ring (bicyclic) bond motifs is 3. The Morgan fingerprint density at radius 1 is 1.38 bits per heavy atom. The zero-order chi connectivity index (χ0) is 11.3. The van der Waals surface area contributed by atoms with Crippen molar-refractivity contribution in [3.63, 3.8) is 0 Å². The number of aromatic nitrogens is 2. The number of hydrogen-bond donors (Lipinski definition) is 3. The molecule has 0 spiro atoms. The highest BCUT2D eigenvalue weighted by Crippen LogP contribution is 2.28. The molecule has 2 aromatic heterocycles. The molecule has 3 rings (SSSR count). The van der Waals surface area contributed by atoms with Gasteiger partial charge in [-0.2, -0.15) is 0 Å². The summed E-state index contributed by atoms with van der Waals surface area (Å²) in [6.45, 7) is 1.52. The van der Waals surface area contributed by atoms with E-state index in [1.807, 2.05) is 0 Å². The molecule has 0 aromatic carbocycles. The average molecular weight is 239 g/mol. The Bertz CT molecular complexity index is 682. The van der Waals surface area contributed by atoms with Gasteiger partial charge in [0.05, 0.1) is 5.39 Å². The topological polar surface area (TPSA) is 87.1 Å². The van der Waals surface area contributed by atoms with Crippen LogP contribution in [-0.4, -0.2) is 21.5 Å². The zero-order valence-electron chi connectivity index (χ0n) is 8.24. The van der Waals surface area contributed by atoms with E-state index in [0.29, 0.717) is 16.8 Å². The maximum absolute atomic E-state index is 11.8. The van der Waals surface area contributed by atoms with Gasteiger partial charge in [-0.1, -0.05) is 4.73 Å². The van der Waals surface area contributed by atoms with Gasteiger partial charge in [0.25, 0.3) is 5.56 Å². The summed E-state index contributed by atoms with van der Waals surface area (Å²) >= 11 is 1.39. The third-order valence-electron chi connectivity index (χ3n) is 2.75. The maximum atomic E-state index is 11.8. The van der Waals surface area contributed by atoms with Gasteiger partial charge in [-0.05, 0) is 18.5 Å². The van der Waals surface area contributed by atoms with E-state index in [1.165, 1.54) is 11.3 Å². The van der Waals surface area contributed by atoms with E-state index >= 15 is 0 Å². The molecule has 1 aliphatic heterocycles. The molecule has 6 nitrogen and oxygen atoms in total. The fraction of sp³-hybridized carbons (Fsp3) is 0.333. The Balaban J connectivity index is 2.50. The minimum Gasteiger partial charge on any atom is -0.421 e. The van der Waals surface area contributed by atoms with Crippen LogP contribution in [0.5, 0.6) is 0 Å². The van der Waals surface area contributed by atoms with Crippen molar-refractivity contribution >= 4 is 21.6 Å². The van der Waals surface area contributed by atoms with E-state index in [4.69, 9.17) is 0 Å². The molecule has 0 unspecified atom stereocenters. The molecule has 0 aliphatic carbocycles. The van der Waals surface area contributed by atoms with Crippen molar-refractivity contribution in [2.75, 3.05) is 6.54 Å². The van der Waals surface area contributed by atoms with Gasteiger partial charge in [0.2, 0.25) is 0 Å². The summed E-state index contributed by atoms with van der Waals surface area (Å²) < 4.78 is 0.136. The van der Waals surface area contributed by atoms with Crippen molar-refractivity contribution in [3.8, 4) is 0 Å². The molecular formula is C9H9N3O3S. The molecular weight excluding hydrogens is 230 g/mol. The molecule has 0 saturated heterocycles. The quantitative estimate of drug-likeness (QED) is 0.548. The molecule has 84 valence electrons. The van der Waals surface area contributed by atoms with E-state index < -0.39 is 11.2 Å². The van der Waals surface area contributed by atoms with Crippen molar-refractivity contribution in [2.24, 2.45) is 0 Å². The molecule has 16 heavy (non-hydrogen) atoms. The van der Waals surface area contributed by atoms with E-state index in [0.717, 1.165) is 23.4 Å². The first-order chi connectivity index (χ1) is 7.68. The smallest absolute Gasteiger partial charge is 0.362 e. The van der Waals surface area contributed by atoms with Gasteiger partial charge in [-0.15, -0.1) is 11.3 Å². The number of rotatable bonds is 0. The molecule has 0 radical (unpaired) electrons. The minimum atomic E-state index is -0.788. The third-order valence-corrected chi connectivity index (χ3v) is 3.89. The monoisotopic (exact) mass is 239 g/mol. The lowest BCUT2D eigenvalue weighted by Crippen LogP contribution is -2.33. The summed E-state index contributed by atoms with van der Waals surface area (Å²) in [5.41, 5.74) is -0.468. The Morgan fingerprint density at radius 3 is 3.00 bits per heavy atom. The molecule has 0 saturated carbocycles. The molecule has 0 bridgehead atoms. The van der Waals surface area contributed by atoms with Crippen LogP contribution in [0.1, 0.15) is 10.4 Å². The molecule has 0 amide bonds. The predicted octanol–water partition coefficient (Wildman–Crippen LogP) is -0.366. The van der Waals surface area contributed by atoms with Crippen molar-refractivity contribution in [1.29, 1.82) is 0 Å². The van der Waals surface area contributed by atoms with Gasteiger partial charge in [0, 0.05) is 11.4 Å². The first-order valence-corrected chi connectivity index (χ1v) is 5.69. The Hall–Kier alpha value is -1.60. The normalized spacial score (nSPS) is 15.2. The molecule has 3 heterocycles. The van der Waals surface area contributed by atoms with E-state index in [9.17, 15) is 14.8 Å². The first kappa shape index (κ1) is 9.61. The minimum absolute atomic E-state index is 0.136. The third kappa shape index (κ3) is 1.15. The highest BCUT2D eigenvalue weighted by molar-refractivity contribution is 7.18. The fourth-order valence-electron chi connectivity index (χ4n) is 2.00. The van der Waals surface area contributed by atoms with Gasteiger partial charge in [0.1, 0.15) is 4.83 Å². The first-order valence-electron chi connectivity index (χ1n) is 4.88. The van der Waals surface area contributed by atoms with Crippen molar-refractivity contribution in [2.45, 2.75) is 13.0 Å². The summed E-state index contributed by atoms with van der Waals surface area (Å²) in [7, 11) is 0. The SMILES string of the molecule is O=c1[nH]c2sc3c(c2c(=O)n1O)CCNC3. The molecule has 2 aromatic rings. The number of nitrogens with zero attached hydrogens (tertiary/aromatic N) is 1. The van der Waals surface area contributed by atoms with Crippen LogP contribution in [0, 0.1) is 0 Å². The number of nitrogens with one attached hydrogen (secondary N) is 2. The van der Waals surface area contributed by atoms with Crippen LogP contribution in [0.3, 0.4) is 0 Å². The van der Waals surface area contributed by atoms with Crippen molar-refractivity contribution in [3.05, 3.63) is 31.3 Å². The van der Waals surface area contributed by atoms with Crippen LogP contribution in [0.4, 0.5) is 0 Å². The van der Waals surface area contributed by atoms with Crippen LogP contribution < -0.4 is 16.6 Å². The van der Waals surface area contributed by atoms with Crippen LogP contribution in [-0.2, 0) is 13.0 Å². The Kier molecular flexibility index (Phi) is 1.92. The molecule has 7 heteroatoms. The summed E-state index contributed by atoms with van der Waals surface area (Å²) in [4.78, 5) is 27.1. The van der Waals surface area contributed by atoms with Gasteiger partial charge < -0.3 is 10.5 Å². The van der Waals surface area contributed by atoms with Crippen LogP contribution in [0.15, 0.2) is 9.59 Å². The van der Waals surface area contributed by atoms with Crippen molar-refractivity contribution < 1.29 is 5.21 Å². The summed E-state index contributed by atoms with van der Waals surface area (Å²) in [5, 5.41) is 12.9. The van der Waals surface area contributed by atoms with Crippen molar-refractivity contribution in [1.82, 2.24) is 15.0 Å². The summed E-state index contributed by atoms with van der Waals surface area (Å²) in [6.07, 6.45) is 0.747. The lowest BCUT2D eigenvalue weighted by molar-refractivity contribution is 0.162. The molecule has 0 atom stereocenters. The highest BCUT2D eigenvalue weighted by Gasteiger charge is 2.20. The highest BCUT2D eigenvalue weighted by atomic mass is 32.1. The summed E-state index contributed by atoms with van der Waals surface area (Å²) in [6, 6.07) is 0. The van der Waals surface area contributed by atoms with Crippen LogP contribution in [0.25, 0.3) is 10.2 Å². The number of aromatic amines is 1. The zero-order valence-corrected chi connectivity index (χ0v) is 9.06. The van der Waals surface area contributed by atoms with E-state index in [1.54, 1.807) is 0 Å². The van der Waals surface area contributed by atoms with Gasteiger partial charge in [0.15, 0.2) is 0 Å². The Morgan fingerprint density at radius 2 is 2.19 bits per heavy atom.